The van der Waals surface area contributed by atoms with Crippen LogP contribution in [0.25, 0.3) is 0 Å². The smallest absolute Gasteiger partial charge is 0.379 e. The molecule has 0 unspecified atom stereocenters. The van der Waals surface area contributed by atoms with Gasteiger partial charge in [0, 0.05) is 5.92 Å². The van der Waals surface area contributed by atoms with E-state index in [2.05, 4.69) is 5.16 Å². The third-order valence-electron chi connectivity index (χ3n) is 2.95. The minimum absolute atomic E-state index is 0.0256. The fourth-order valence-electron chi connectivity index (χ4n) is 2.23. The second-order valence-corrected chi connectivity index (χ2v) is 6.10. The number of oxime groups is 1. The summed E-state index contributed by atoms with van der Waals surface area (Å²) in [4.78, 5) is 0. The highest BCUT2D eigenvalue weighted by atomic mass is 31.2. The number of hydrogen-bond donors (Lipinski definition) is 1. The van der Waals surface area contributed by atoms with Crippen LogP contribution in [0.2, 0.25) is 0 Å². The zero-order valence-electron chi connectivity index (χ0n) is 10.6. The Hall–Kier alpha value is -0.380. The first-order chi connectivity index (χ1) is 8.18. The lowest BCUT2D eigenvalue weighted by molar-refractivity contribution is 0.227. The predicted molar refractivity (Wildman–Crippen MR) is 66.7 cm³/mol. The van der Waals surface area contributed by atoms with Gasteiger partial charge >= 0.3 is 7.60 Å². The Morgan fingerprint density at radius 3 is 2.18 bits per heavy atom. The molecule has 1 aliphatic rings. The van der Waals surface area contributed by atoms with Crippen molar-refractivity contribution in [3.63, 3.8) is 0 Å². The molecular weight excluding hydrogens is 241 g/mol. The molecule has 17 heavy (non-hydrogen) atoms. The van der Waals surface area contributed by atoms with Gasteiger partial charge in [-0.25, -0.2) is 0 Å². The molecule has 1 rings (SSSR count). The van der Waals surface area contributed by atoms with Crippen LogP contribution in [-0.4, -0.2) is 23.9 Å². The highest BCUT2D eigenvalue weighted by Gasteiger charge is 2.38. The molecule has 1 saturated carbocycles. The minimum atomic E-state index is -3.40. The van der Waals surface area contributed by atoms with Crippen LogP contribution in [0, 0.1) is 5.92 Å². The molecule has 1 N–H and O–H groups in total. The molecule has 100 valence electrons. The lowest BCUT2D eigenvalue weighted by Gasteiger charge is -2.26. The maximum atomic E-state index is 12.5. The fraction of sp³-hybridized carbons (Fsp3) is 0.909. The zero-order valence-corrected chi connectivity index (χ0v) is 11.5. The van der Waals surface area contributed by atoms with E-state index in [0.29, 0.717) is 0 Å². The van der Waals surface area contributed by atoms with Crippen molar-refractivity contribution in [3.8, 4) is 0 Å². The van der Waals surface area contributed by atoms with Crippen molar-refractivity contribution in [2.75, 3.05) is 13.2 Å². The molecule has 0 aromatic rings. The van der Waals surface area contributed by atoms with Gasteiger partial charge < -0.3 is 14.3 Å². The molecule has 5 nitrogen and oxygen atoms in total. The summed E-state index contributed by atoms with van der Waals surface area (Å²) >= 11 is 0. The average Bonchev–Trinajstić information content (AvgIpc) is 2.31. The molecular formula is C11H22NO4P. The van der Waals surface area contributed by atoms with Crippen LogP contribution in [-0.2, 0) is 13.6 Å². The third kappa shape index (κ3) is 3.80. The Balaban J connectivity index is 2.84. The monoisotopic (exact) mass is 263 g/mol. The molecule has 0 aliphatic heterocycles. The Morgan fingerprint density at radius 2 is 1.76 bits per heavy atom. The minimum Gasteiger partial charge on any atom is -0.410 e. The summed E-state index contributed by atoms with van der Waals surface area (Å²) in [5, 5.41) is 12.3. The molecule has 0 heterocycles. The molecule has 0 aromatic heterocycles. The molecule has 0 radical (unpaired) electrons. The van der Waals surface area contributed by atoms with E-state index < -0.39 is 7.60 Å². The van der Waals surface area contributed by atoms with E-state index in [0.717, 1.165) is 25.7 Å². The van der Waals surface area contributed by atoms with Crippen molar-refractivity contribution in [2.45, 2.75) is 46.0 Å². The van der Waals surface area contributed by atoms with Gasteiger partial charge in [-0.1, -0.05) is 24.4 Å². The highest BCUT2D eigenvalue weighted by Crippen LogP contribution is 2.53. The fourth-order valence-corrected chi connectivity index (χ4v) is 4.06. The van der Waals surface area contributed by atoms with Gasteiger partial charge in [-0.15, -0.1) is 0 Å². The van der Waals surface area contributed by atoms with Gasteiger partial charge in [-0.05, 0) is 26.7 Å². The average molecular weight is 263 g/mol. The second kappa shape index (κ2) is 7.14. The van der Waals surface area contributed by atoms with Gasteiger partial charge in [-0.2, -0.15) is 0 Å². The summed E-state index contributed by atoms with van der Waals surface area (Å²) in [6, 6.07) is 0. The Kier molecular flexibility index (Phi) is 6.17. The number of hydrogen-bond acceptors (Lipinski definition) is 5. The molecule has 0 amide bonds. The Morgan fingerprint density at radius 1 is 1.24 bits per heavy atom. The molecule has 0 atom stereocenters. The summed E-state index contributed by atoms with van der Waals surface area (Å²) in [6.45, 7) is 4.06. The summed E-state index contributed by atoms with van der Waals surface area (Å²) in [5.41, 5.74) is 0.209. The van der Waals surface area contributed by atoms with Gasteiger partial charge in [0.25, 0.3) is 0 Å². The first-order valence-corrected chi connectivity index (χ1v) is 7.83. The Bertz CT molecular complexity index is 290. The summed E-state index contributed by atoms with van der Waals surface area (Å²) in [5.74, 6) is 0.0256. The molecule has 0 aromatic carbocycles. The number of nitrogens with zero attached hydrogens (tertiary/aromatic N) is 1. The first-order valence-electron chi connectivity index (χ1n) is 6.29. The third-order valence-corrected chi connectivity index (χ3v) is 5.16. The van der Waals surface area contributed by atoms with Crippen LogP contribution < -0.4 is 0 Å². The van der Waals surface area contributed by atoms with E-state index in [1.54, 1.807) is 13.8 Å². The lowest BCUT2D eigenvalue weighted by atomic mass is 9.90. The molecule has 0 saturated heterocycles. The molecule has 0 spiro atoms. The van der Waals surface area contributed by atoms with E-state index in [1.807, 2.05) is 0 Å². The maximum Gasteiger partial charge on any atom is 0.379 e. The molecule has 1 fully saturated rings. The van der Waals surface area contributed by atoms with Crippen molar-refractivity contribution < 1.29 is 18.8 Å². The zero-order chi connectivity index (χ0) is 12.7. The van der Waals surface area contributed by atoms with Gasteiger partial charge in [-0.3, -0.25) is 4.57 Å². The maximum absolute atomic E-state index is 12.5. The van der Waals surface area contributed by atoms with Crippen LogP contribution in [0.15, 0.2) is 5.16 Å². The van der Waals surface area contributed by atoms with Crippen LogP contribution in [0.3, 0.4) is 0 Å². The van der Waals surface area contributed by atoms with Gasteiger partial charge in [0.2, 0.25) is 0 Å². The molecule has 0 bridgehead atoms. The summed E-state index contributed by atoms with van der Waals surface area (Å²) < 4.78 is 22.9. The number of rotatable bonds is 6. The first kappa shape index (κ1) is 14.7. The van der Waals surface area contributed by atoms with E-state index in [1.165, 1.54) is 6.42 Å². The van der Waals surface area contributed by atoms with Gasteiger partial charge in [0.1, 0.15) is 0 Å². The Labute approximate surface area is 103 Å². The van der Waals surface area contributed by atoms with Crippen molar-refractivity contribution in [1.82, 2.24) is 0 Å². The normalized spacial score (nSPS) is 19.5. The molecule has 6 heteroatoms. The quantitative estimate of drug-likeness (QED) is 0.344. The predicted octanol–water partition coefficient (Wildman–Crippen LogP) is 3.62. The van der Waals surface area contributed by atoms with Crippen LogP contribution >= 0.6 is 7.60 Å². The van der Waals surface area contributed by atoms with Crippen molar-refractivity contribution in [2.24, 2.45) is 11.1 Å². The van der Waals surface area contributed by atoms with E-state index in [9.17, 15) is 4.57 Å². The van der Waals surface area contributed by atoms with Crippen LogP contribution in [0.1, 0.15) is 46.0 Å². The standard InChI is InChI=1S/C11H22NO4P/c1-3-15-17(14,16-4-2)11(12-13)10-8-6-5-7-9-10/h10,13H,3-9H2,1-2H3/b12-11+. The van der Waals surface area contributed by atoms with Crippen molar-refractivity contribution in [3.05, 3.63) is 0 Å². The summed E-state index contributed by atoms with van der Waals surface area (Å²) in [7, 11) is -3.40. The SMILES string of the molecule is CCOP(=O)(OCC)/C(=N/O)C1CCCCC1. The van der Waals surface area contributed by atoms with Crippen molar-refractivity contribution >= 4 is 13.0 Å². The largest absolute Gasteiger partial charge is 0.410 e. The lowest BCUT2D eigenvalue weighted by Crippen LogP contribution is -2.20. The second-order valence-electron chi connectivity index (χ2n) is 4.13. The van der Waals surface area contributed by atoms with Crippen molar-refractivity contribution in [1.29, 1.82) is 0 Å². The highest BCUT2D eigenvalue weighted by molar-refractivity contribution is 7.72. The van der Waals surface area contributed by atoms with Gasteiger partial charge in [0.05, 0.1) is 13.2 Å². The van der Waals surface area contributed by atoms with E-state index >= 15 is 0 Å². The van der Waals surface area contributed by atoms with E-state index in [4.69, 9.17) is 14.3 Å². The van der Waals surface area contributed by atoms with E-state index in [-0.39, 0.29) is 24.6 Å². The summed E-state index contributed by atoms with van der Waals surface area (Å²) in [6.07, 6.45) is 5.11. The van der Waals surface area contributed by atoms with Crippen LogP contribution in [0.4, 0.5) is 0 Å². The van der Waals surface area contributed by atoms with Gasteiger partial charge in [0.15, 0.2) is 5.45 Å². The topological polar surface area (TPSA) is 68.1 Å². The van der Waals surface area contributed by atoms with Crippen LogP contribution in [0.5, 0.6) is 0 Å². The molecule has 1 aliphatic carbocycles.